The van der Waals surface area contributed by atoms with Gasteiger partial charge in [0.15, 0.2) is 4.34 Å². The summed E-state index contributed by atoms with van der Waals surface area (Å²) < 4.78 is 0.910. The van der Waals surface area contributed by atoms with Gasteiger partial charge in [-0.3, -0.25) is 0 Å². The summed E-state index contributed by atoms with van der Waals surface area (Å²) in [5.74, 6) is 0. The normalized spacial score (nSPS) is 10.0. The molecule has 1 aromatic carbocycles. The average Bonchev–Trinajstić information content (AvgIpc) is 2.82. The van der Waals surface area contributed by atoms with Gasteiger partial charge in [0, 0.05) is 16.5 Å². The number of hydrogen-bond donors (Lipinski definition) is 1. The standard InChI is InChI=1S/C11H8N2OS2/c12-6-9-5-8(7-14)1-2-10(9)16-11-13-3-4-15-11/h1-5,14H,7H2. The van der Waals surface area contributed by atoms with Crippen LogP contribution in [0.1, 0.15) is 11.1 Å². The first-order valence-electron chi connectivity index (χ1n) is 4.54. The number of nitrogens with zero attached hydrogens (tertiary/aromatic N) is 2. The summed E-state index contributed by atoms with van der Waals surface area (Å²) >= 11 is 3.01. The number of rotatable bonds is 3. The Labute approximate surface area is 101 Å². The van der Waals surface area contributed by atoms with Crippen LogP contribution >= 0.6 is 23.1 Å². The smallest absolute Gasteiger partial charge is 0.154 e. The van der Waals surface area contributed by atoms with Crippen molar-refractivity contribution < 1.29 is 5.11 Å². The molecule has 80 valence electrons. The highest BCUT2D eigenvalue weighted by atomic mass is 32.2. The van der Waals surface area contributed by atoms with Crippen molar-refractivity contribution in [3.63, 3.8) is 0 Å². The molecule has 3 nitrogen and oxygen atoms in total. The van der Waals surface area contributed by atoms with E-state index in [-0.39, 0.29) is 6.61 Å². The summed E-state index contributed by atoms with van der Waals surface area (Å²) in [7, 11) is 0. The third-order valence-electron chi connectivity index (χ3n) is 1.95. The zero-order valence-electron chi connectivity index (χ0n) is 8.25. The number of thiazole rings is 1. The van der Waals surface area contributed by atoms with Gasteiger partial charge in [0.05, 0.1) is 12.2 Å². The number of aliphatic hydroxyl groups excluding tert-OH is 1. The molecule has 0 aliphatic carbocycles. The lowest BCUT2D eigenvalue weighted by atomic mass is 10.1. The van der Waals surface area contributed by atoms with Crippen LogP contribution in [0.3, 0.4) is 0 Å². The van der Waals surface area contributed by atoms with Gasteiger partial charge >= 0.3 is 0 Å². The molecule has 0 atom stereocenters. The summed E-state index contributed by atoms with van der Waals surface area (Å²) in [5.41, 5.74) is 1.33. The van der Waals surface area contributed by atoms with Crippen molar-refractivity contribution >= 4 is 23.1 Å². The van der Waals surface area contributed by atoms with Crippen LogP contribution in [-0.2, 0) is 6.61 Å². The maximum absolute atomic E-state index is 9.01. The van der Waals surface area contributed by atoms with Gasteiger partial charge in [-0.25, -0.2) is 4.98 Å². The van der Waals surface area contributed by atoms with Gasteiger partial charge in [-0.15, -0.1) is 11.3 Å². The Balaban J connectivity index is 2.31. The van der Waals surface area contributed by atoms with Gasteiger partial charge in [-0.1, -0.05) is 17.8 Å². The molecule has 0 fully saturated rings. The molecule has 2 aromatic rings. The van der Waals surface area contributed by atoms with E-state index in [0.717, 1.165) is 14.8 Å². The quantitative estimate of drug-likeness (QED) is 0.907. The summed E-state index contributed by atoms with van der Waals surface area (Å²) in [6, 6.07) is 7.49. The molecule has 5 heteroatoms. The lowest BCUT2D eigenvalue weighted by Gasteiger charge is -2.03. The molecule has 0 amide bonds. The predicted octanol–water partition coefficient (Wildman–Crippen LogP) is 2.66. The maximum Gasteiger partial charge on any atom is 0.154 e. The van der Waals surface area contributed by atoms with E-state index in [1.807, 2.05) is 17.5 Å². The van der Waals surface area contributed by atoms with E-state index in [0.29, 0.717) is 5.56 Å². The third kappa shape index (κ3) is 2.42. The molecule has 0 saturated heterocycles. The fourth-order valence-electron chi connectivity index (χ4n) is 1.21. The van der Waals surface area contributed by atoms with Gasteiger partial charge < -0.3 is 5.11 Å². The van der Waals surface area contributed by atoms with E-state index in [1.54, 1.807) is 12.3 Å². The monoisotopic (exact) mass is 248 g/mol. The van der Waals surface area contributed by atoms with Crippen LogP contribution in [0.15, 0.2) is 39.0 Å². The van der Waals surface area contributed by atoms with Crippen molar-refractivity contribution in [2.24, 2.45) is 0 Å². The van der Waals surface area contributed by atoms with Crippen LogP contribution in [0.5, 0.6) is 0 Å². The Morgan fingerprint density at radius 3 is 3.00 bits per heavy atom. The Kier molecular flexibility index (Phi) is 3.57. The molecule has 0 radical (unpaired) electrons. The first-order valence-corrected chi connectivity index (χ1v) is 6.24. The summed E-state index contributed by atoms with van der Waals surface area (Å²) in [6.45, 7) is -0.0448. The van der Waals surface area contributed by atoms with E-state index in [1.165, 1.54) is 23.1 Å². The zero-order valence-corrected chi connectivity index (χ0v) is 9.88. The number of aromatic nitrogens is 1. The Morgan fingerprint density at radius 1 is 1.50 bits per heavy atom. The molecule has 0 aliphatic rings. The number of hydrogen-bond acceptors (Lipinski definition) is 5. The first kappa shape index (κ1) is 11.1. The van der Waals surface area contributed by atoms with Crippen molar-refractivity contribution in [3.8, 4) is 6.07 Å². The molecule has 0 spiro atoms. The average molecular weight is 248 g/mol. The minimum Gasteiger partial charge on any atom is -0.392 e. The summed E-state index contributed by atoms with van der Waals surface area (Å²) in [6.07, 6.45) is 1.74. The van der Waals surface area contributed by atoms with Gasteiger partial charge in [0.2, 0.25) is 0 Å². The molecule has 0 unspecified atom stereocenters. The lowest BCUT2D eigenvalue weighted by Crippen LogP contribution is -1.87. The van der Waals surface area contributed by atoms with Crippen LogP contribution < -0.4 is 0 Å². The fraction of sp³-hybridized carbons (Fsp3) is 0.0909. The Morgan fingerprint density at radius 2 is 2.38 bits per heavy atom. The van der Waals surface area contributed by atoms with Crippen LogP contribution in [0.4, 0.5) is 0 Å². The van der Waals surface area contributed by atoms with Gasteiger partial charge in [-0.05, 0) is 17.7 Å². The molecule has 1 aromatic heterocycles. The SMILES string of the molecule is N#Cc1cc(CO)ccc1Sc1nccs1. The molecule has 1 heterocycles. The highest BCUT2D eigenvalue weighted by Crippen LogP contribution is 2.31. The van der Waals surface area contributed by atoms with Crippen molar-refractivity contribution in [2.45, 2.75) is 15.8 Å². The minimum absolute atomic E-state index is 0.0448. The molecule has 0 saturated carbocycles. The van der Waals surface area contributed by atoms with E-state index in [2.05, 4.69) is 11.1 Å². The van der Waals surface area contributed by atoms with Gasteiger partial charge in [0.1, 0.15) is 6.07 Å². The highest BCUT2D eigenvalue weighted by molar-refractivity contribution is 8.01. The molecular weight excluding hydrogens is 240 g/mol. The lowest BCUT2D eigenvalue weighted by molar-refractivity contribution is 0.281. The summed E-state index contributed by atoms with van der Waals surface area (Å²) in [5, 5.41) is 19.9. The molecule has 0 bridgehead atoms. The molecule has 0 aliphatic heterocycles. The van der Waals surface area contributed by atoms with Crippen LogP contribution in [0.2, 0.25) is 0 Å². The van der Waals surface area contributed by atoms with E-state index >= 15 is 0 Å². The zero-order chi connectivity index (χ0) is 11.4. The van der Waals surface area contributed by atoms with Gasteiger partial charge in [-0.2, -0.15) is 5.26 Å². The number of aliphatic hydroxyl groups is 1. The second-order valence-corrected chi connectivity index (χ2v) is 5.18. The highest BCUT2D eigenvalue weighted by Gasteiger charge is 2.06. The molecule has 16 heavy (non-hydrogen) atoms. The minimum atomic E-state index is -0.0448. The van der Waals surface area contributed by atoms with Gasteiger partial charge in [0.25, 0.3) is 0 Å². The van der Waals surface area contributed by atoms with Crippen LogP contribution in [0, 0.1) is 11.3 Å². The van der Waals surface area contributed by atoms with Crippen molar-refractivity contribution in [1.29, 1.82) is 5.26 Å². The van der Waals surface area contributed by atoms with Crippen molar-refractivity contribution in [2.75, 3.05) is 0 Å². The maximum atomic E-state index is 9.01. The second kappa shape index (κ2) is 5.12. The Hall–Kier alpha value is -1.35. The second-order valence-electron chi connectivity index (χ2n) is 3.00. The molecule has 1 N–H and O–H groups in total. The van der Waals surface area contributed by atoms with E-state index in [4.69, 9.17) is 10.4 Å². The van der Waals surface area contributed by atoms with Crippen LogP contribution in [-0.4, -0.2) is 10.1 Å². The number of nitriles is 1. The van der Waals surface area contributed by atoms with Crippen molar-refractivity contribution in [3.05, 3.63) is 40.9 Å². The van der Waals surface area contributed by atoms with E-state index in [9.17, 15) is 0 Å². The van der Waals surface area contributed by atoms with Crippen molar-refractivity contribution in [1.82, 2.24) is 4.98 Å². The topological polar surface area (TPSA) is 56.9 Å². The van der Waals surface area contributed by atoms with E-state index < -0.39 is 0 Å². The summed E-state index contributed by atoms with van der Waals surface area (Å²) in [4.78, 5) is 5.02. The predicted molar refractivity (Wildman–Crippen MR) is 63.3 cm³/mol. The van der Waals surface area contributed by atoms with Crippen LogP contribution in [0.25, 0.3) is 0 Å². The number of benzene rings is 1. The third-order valence-corrected chi connectivity index (χ3v) is 3.91. The fourth-order valence-corrected chi connectivity index (χ4v) is 2.85. The largest absolute Gasteiger partial charge is 0.392 e. The first-order chi connectivity index (χ1) is 7.83. The Bertz CT molecular complexity index is 517. The molecular formula is C11H8N2OS2. The molecule has 2 rings (SSSR count).